The summed E-state index contributed by atoms with van der Waals surface area (Å²) in [4.78, 5) is 4.17. The molecule has 6 heteroatoms. The summed E-state index contributed by atoms with van der Waals surface area (Å²) >= 11 is 0. The summed E-state index contributed by atoms with van der Waals surface area (Å²) in [6, 6.07) is 1.70. The van der Waals surface area contributed by atoms with Crippen molar-refractivity contribution >= 4 is 0 Å². The Morgan fingerprint density at radius 3 is 2.80 bits per heavy atom. The minimum absolute atomic E-state index is 0.112. The Balaban J connectivity index is 2.17. The van der Waals surface area contributed by atoms with Crippen molar-refractivity contribution in [1.82, 2.24) is 19.9 Å². The molecule has 2 rings (SSSR count). The van der Waals surface area contributed by atoms with Gasteiger partial charge in [-0.2, -0.15) is 5.10 Å². The van der Waals surface area contributed by atoms with Gasteiger partial charge in [0, 0.05) is 6.07 Å². The third-order valence-electron chi connectivity index (χ3n) is 2.04. The second-order valence-electron chi connectivity index (χ2n) is 3.31. The van der Waals surface area contributed by atoms with Crippen LogP contribution in [0.5, 0.6) is 0 Å². The average Bonchev–Trinajstić information content (AvgIpc) is 2.75. The molecule has 0 spiro atoms. The smallest absolute Gasteiger partial charge is 0.158 e. The van der Waals surface area contributed by atoms with Gasteiger partial charge in [-0.25, -0.2) is 9.67 Å². The highest BCUT2D eigenvalue weighted by Crippen LogP contribution is 2.06. The van der Waals surface area contributed by atoms with E-state index in [1.807, 2.05) is 13.8 Å². The van der Waals surface area contributed by atoms with Gasteiger partial charge in [0.15, 0.2) is 5.76 Å². The molecule has 1 N–H and O–H groups in total. The zero-order valence-electron chi connectivity index (χ0n) is 8.64. The fourth-order valence-corrected chi connectivity index (χ4v) is 1.36. The summed E-state index contributed by atoms with van der Waals surface area (Å²) in [5.41, 5.74) is 0.527. The summed E-state index contributed by atoms with van der Waals surface area (Å²) < 4.78 is 6.76. The minimum atomic E-state index is -0.112. The standard InChI is InChI=1S/C9H12N4O2/c1-6-10-7(2)13(11-6)4-9-3-8(5-14)12-15-9/h3,14H,4-5H2,1-2H3. The Kier molecular flexibility index (Phi) is 2.51. The van der Waals surface area contributed by atoms with Crippen molar-refractivity contribution in [2.45, 2.75) is 27.0 Å². The Morgan fingerprint density at radius 1 is 1.47 bits per heavy atom. The number of hydrogen-bond donors (Lipinski definition) is 1. The molecule has 0 amide bonds. The van der Waals surface area contributed by atoms with Gasteiger partial charge in [-0.3, -0.25) is 0 Å². The molecule has 0 saturated carbocycles. The molecule has 0 unspecified atom stereocenters. The van der Waals surface area contributed by atoms with Gasteiger partial charge in [-0.1, -0.05) is 5.16 Å². The van der Waals surface area contributed by atoms with Crippen molar-refractivity contribution < 1.29 is 9.63 Å². The number of hydrogen-bond acceptors (Lipinski definition) is 5. The number of aliphatic hydroxyl groups is 1. The van der Waals surface area contributed by atoms with E-state index in [-0.39, 0.29) is 6.61 Å². The molecule has 0 fully saturated rings. The first-order chi connectivity index (χ1) is 7.19. The topological polar surface area (TPSA) is 77.0 Å². The highest BCUT2D eigenvalue weighted by Gasteiger charge is 2.07. The zero-order valence-corrected chi connectivity index (χ0v) is 8.64. The van der Waals surface area contributed by atoms with Crippen molar-refractivity contribution in [3.8, 4) is 0 Å². The molecule has 0 aliphatic carbocycles. The lowest BCUT2D eigenvalue weighted by Crippen LogP contribution is -2.03. The molecule has 0 aliphatic heterocycles. The first kappa shape index (κ1) is 9.85. The second-order valence-corrected chi connectivity index (χ2v) is 3.31. The molecule has 80 valence electrons. The Hall–Kier alpha value is -1.69. The maximum Gasteiger partial charge on any atom is 0.158 e. The quantitative estimate of drug-likeness (QED) is 0.791. The highest BCUT2D eigenvalue weighted by atomic mass is 16.5. The summed E-state index contributed by atoms with van der Waals surface area (Å²) in [7, 11) is 0. The lowest BCUT2D eigenvalue weighted by molar-refractivity contribution is 0.264. The molecular weight excluding hydrogens is 196 g/mol. The van der Waals surface area contributed by atoms with Gasteiger partial charge in [0.25, 0.3) is 0 Å². The predicted octanol–water partition coefficient (Wildman–Crippen LogP) is 0.424. The predicted molar refractivity (Wildman–Crippen MR) is 51.0 cm³/mol. The summed E-state index contributed by atoms with van der Waals surface area (Å²) in [6.45, 7) is 4.09. The first-order valence-electron chi connectivity index (χ1n) is 4.62. The molecule has 0 aliphatic rings. The maximum absolute atomic E-state index is 8.82. The van der Waals surface area contributed by atoms with Crippen LogP contribution in [0.1, 0.15) is 23.1 Å². The zero-order chi connectivity index (χ0) is 10.8. The van der Waals surface area contributed by atoms with Crippen LogP contribution in [0.4, 0.5) is 0 Å². The summed E-state index contributed by atoms with van der Waals surface area (Å²) in [5, 5.41) is 16.7. The van der Waals surface area contributed by atoms with E-state index in [9.17, 15) is 0 Å². The van der Waals surface area contributed by atoms with Crippen LogP contribution in [-0.2, 0) is 13.2 Å². The Labute approximate surface area is 86.5 Å². The molecule has 0 aromatic carbocycles. The van der Waals surface area contributed by atoms with Gasteiger partial charge in [-0.15, -0.1) is 0 Å². The molecule has 2 aromatic rings. The van der Waals surface area contributed by atoms with Gasteiger partial charge in [0.1, 0.15) is 23.9 Å². The van der Waals surface area contributed by atoms with E-state index in [1.165, 1.54) is 0 Å². The number of nitrogens with zero attached hydrogens (tertiary/aromatic N) is 4. The molecule has 2 heterocycles. The first-order valence-corrected chi connectivity index (χ1v) is 4.62. The summed E-state index contributed by atoms with van der Waals surface area (Å²) in [5.74, 6) is 2.22. The van der Waals surface area contributed by atoms with Crippen molar-refractivity contribution in [1.29, 1.82) is 0 Å². The lowest BCUT2D eigenvalue weighted by Gasteiger charge is -1.97. The van der Waals surface area contributed by atoms with E-state index in [0.717, 1.165) is 11.6 Å². The molecule has 0 radical (unpaired) electrons. The molecule has 0 bridgehead atoms. The van der Waals surface area contributed by atoms with Gasteiger partial charge in [0.05, 0.1) is 6.61 Å². The summed E-state index contributed by atoms with van der Waals surface area (Å²) in [6.07, 6.45) is 0. The van der Waals surface area contributed by atoms with Gasteiger partial charge in [0.2, 0.25) is 0 Å². The second kappa shape index (κ2) is 3.82. The van der Waals surface area contributed by atoms with E-state index < -0.39 is 0 Å². The molecule has 6 nitrogen and oxygen atoms in total. The number of aryl methyl sites for hydroxylation is 2. The van der Waals surface area contributed by atoms with Crippen molar-refractivity contribution in [3.63, 3.8) is 0 Å². The van der Waals surface area contributed by atoms with Crippen LogP contribution < -0.4 is 0 Å². The minimum Gasteiger partial charge on any atom is -0.390 e. The van der Waals surface area contributed by atoms with E-state index in [2.05, 4.69) is 15.2 Å². The maximum atomic E-state index is 8.82. The molecular formula is C9H12N4O2. The van der Waals surface area contributed by atoms with Gasteiger partial charge < -0.3 is 9.63 Å². The number of rotatable bonds is 3. The Bertz CT molecular complexity index is 460. The lowest BCUT2D eigenvalue weighted by atomic mass is 10.4. The normalized spacial score (nSPS) is 10.9. The molecule has 0 saturated heterocycles. The SMILES string of the molecule is Cc1nc(C)n(Cc2cc(CO)no2)n1. The van der Waals surface area contributed by atoms with E-state index >= 15 is 0 Å². The third kappa shape index (κ3) is 2.04. The van der Waals surface area contributed by atoms with E-state index in [4.69, 9.17) is 9.63 Å². The average molecular weight is 208 g/mol. The van der Waals surface area contributed by atoms with Gasteiger partial charge in [-0.05, 0) is 13.8 Å². The fourth-order valence-electron chi connectivity index (χ4n) is 1.36. The third-order valence-corrected chi connectivity index (χ3v) is 2.04. The van der Waals surface area contributed by atoms with Crippen molar-refractivity contribution in [2.24, 2.45) is 0 Å². The highest BCUT2D eigenvalue weighted by molar-refractivity contribution is 5.05. The van der Waals surface area contributed by atoms with Gasteiger partial charge >= 0.3 is 0 Å². The van der Waals surface area contributed by atoms with E-state index in [0.29, 0.717) is 18.0 Å². The Morgan fingerprint density at radius 2 is 2.27 bits per heavy atom. The number of aliphatic hydroxyl groups excluding tert-OH is 1. The van der Waals surface area contributed by atoms with Crippen LogP contribution in [0.15, 0.2) is 10.6 Å². The van der Waals surface area contributed by atoms with Crippen LogP contribution >= 0.6 is 0 Å². The van der Waals surface area contributed by atoms with Crippen molar-refractivity contribution in [3.05, 3.63) is 29.2 Å². The van der Waals surface area contributed by atoms with Crippen LogP contribution in [0.25, 0.3) is 0 Å². The molecule has 2 aromatic heterocycles. The van der Waals surface area contributed by atoms with Crippen LogP contribution in [0, 0.1) is 13.8 Å². The number of aromatic nitrogens is 4. The monoisotopic (exact) mass is 208 g/mol. The van der Waals surface area contributed by atoms with E-state index in [1.54, 1.807) is 10.7 Å². The van der Waals surface area contributed by atoms with Crippen LogP contribution in [-0.4, -0.2) is 25.0 Å². The molecule has 15 heavy (non-hydrogen) atoms. The largest absolute Gasteiger partial charge is 0.390 e. The van der Waals surface area contributed by atoms with Crippen LogP contribution in [0.3, 0.4) is 0 Å². The fraction of sp³-hybridized carbons (Fsp3) is 0.444. The van der Waals surface area contributed by atoms with Crippen LogP contribution in [0.2, 0.25) is 0 Å². The molecule has 0 atom stereocenters. The van der Waals surface area contributed by atoms with Crippen molar-refractivity contribution in [2.75, 3.05) is 0 Å².